The lowest BCUT2D eigenvalue weighted by molar-refractivity contribution is -0.130. The average Bonchev–Trinajstić information content (AvgIpc) is 2.27. The lowest BCUT2D eigenvalue weighted by atomic mass is 9.98. The molecule has 1 aromatic rings. The summed E-state index contributed by atoms with van der Waals surface area (Å²) in [7, 11) is 1.62. The van der Waals surface area contributed by atoms with Gasteiger partial charge < -0.3 is 9.84 Å². The smallest absolute Gasteiger partial charge is 0.336 e. The van der Waals surface area contributed by atoms with Crippen molar-refractivity contribution in [1.29, 1.82) is 0 Å². The SMILES string of the molecule is CCc1cc(C(C(=O)O)=C(C)C)ccc1OC. The van der Waals surface area contributed by atoms with Gasteiger partial charge in [-0.1, -0.05) is 18.6 Å². The van der Waals surface area contributed by atoms with Gasteiger partial charge >= 0.3 is 5.97 Å². The van der Waals surface area contributed by atoms with Crippen molar-refractivity contribution in [3.8, 4) is 5.75 Å². The number of allylic oxidation sites excluding steroid dienone is 1. The molecular formula is C14H18O3. The molecule has 0 heterocycles. The Labute approximate surface area is 102 Å². The highest BCUT2D eigenvalue weighted by molar-refractivity contribution is 6.16. The Balaban J connectivity index is 3.33. The number of methoxy groups -OCH3 is 1. The Hall–Kier alpha value is -1.77. The second kappa shape index (κ2) is 5.53. The number of benzene rings is 1. The van der Waals surface area contributed by atoms with Crippen molar-refractivity contribution in [3.63, 3.8) is 0 Å². The minimum atomic E-state index is -0.891. The number of carboxylic acid groups (broad SMARTS) is 1. The molecule has 1 rings (SSSR count). The van der Waals surface area contributed by atoms with Gasteiger partial charge in [0.15, 0.2) is 0 Å². The van der Waals surface area contributed by atoms with Gasteiger partial charge in [-0.25, -0.2) is 4.79 Å². The highest BCUT2D eigenvalue weighted by Crippen LogP contribution is 2.26. The summed E-state index contributed by atoms with van der Waals surface area (Å²) in [5.41, 5.74) is 2.91. The maximum Gasteiger partial charge on any atom is 0.336 e. The van der Waals surface area contributed by atoms with E-state index in [2.05, 4.69) is 0 Å². The molecule has 0 amide bonds. The van der Waals surface area contributed by atoms with Crippen LogP contribution in [0.1, 0.15) is 31.9 Å². The van der Waals surface area contributed by atoms with E-state index in [1.54, 1.807) is 27.0 Å². The number of aliphatic carboxylic acids is 1. The number of carboxylic acids is 1. The van der Waals surface area contributed by atoms with Crippen molar-refractivity contribution in [3.05, 3.63) is 34.9 Å². The van der Waals surface area contributed by atoms with Crippen LogP contribution >= 0.6 is 0 Å². The van der Waals surface area contributed by atoms with Crippen LogP contribution < -0.4 is 4.74 Å². The molecule has 0 unspecified atom stereocenters. The van der Waals surface area contributed by atoms with E-state index in [0.717, 1.165) is 28.9 Å². The molecular weight excluding hydrogens is 216 g/mol. The summed E-state index contributed by atoms with van der Waals surface area (Å²) in [4.78, 5) is 11.2. The molecule has 0 aromatic heterocycles. The number of rotatable bonds is 4. The van der Waals surface area contributed by atoms with E-state index in [-0.39, 0.29) is 0 Å². The largest absolute Gasteiger partial charge is 0.496 e. The zero-order chi connectivity index (χ0) is 13.0. The normalized spacial score (nSPS) is 9.88. The predicted octanol–water partition coefficient (Wildman–Crippen LogP) is 3.14. The molecule has 0 atom stereocenters. The van der Waals surface area contributed by atoms with Crippen LogP contribution in [-0.4, -0.2) is 18.2 Å². The number of ether oxygens (including phenoxy) is 1. The summed E-state index contributed by atoms with van der Waals surface area (Å²) >= 11 is 0. The van der Waals surface area contributed by atoms with Crippen molar-refractivity contribution >= 4 is 11.5 Å². The predicted molar refractivity (Wildman–Crippen MR) is 68.3 cm³/mol. The van der Waals surface area contributed by atoms with Gasteiger partial charge in [0, 0.05) is 0 Å². The summed E-state index contributed by atoms with van der Waals surface area (Å²) in [6.07, 6.45) is 0.812. The summed E-state index contributed by atoms with van der Waals surface area (Å²) in [5.74, 6) is -0.0908. The van der Waals surface area contributed by atoms with Crippen LogP contribution in [0.5, 0.6) is 5.75 Å². The fourth-order valence-electron chi connectivity index (χ4n) is 1.84. The number of hydrogen-bond donors (Lipinski definition) is 1. The van der Waals surface area contributed by atoms with Gasteiger partial charge in [0.1, 0.15) is 5.75 Å². The first-order valence-corrected chi connectivity index (χ1v) is 5.59. The Morgan fingerprint density at radius 1 is 1.35 bits per heavy atom. The molecule has 0 radical (unpaired) electrons. The Bertz CT molecular complexity index is 455. The van der Waals surface area contributed by atoms with Gasteiger partial charge in [-0.3, -0.25) is 0 Å². The standard InChI is InChI=1S/C14H18O3/c1-5-10-8-11(6-7-12(10)17-4)13(9(2)3)14(15)16/h6-8H,5H2,1-4H3,(H,15,16). The first-order chi connectivity index (χ1) is 8.01. The average molecular weight is 234 g/mol. The van der Waals surface area contributed by atoms with E-state index in [4.69, 9.17) is 4.74 Å². The van der Waals surface area contributed by atoms with Crippen LogP contribution in [0.2, 0.25) is 0 Å². The van der Waals surface area contributed by atoms with Crippen LogP contribution in [0.15, 0.2) is 23.8 Å². The third-order valence-electron chi connectivity index (χ3n) is 2.66. The zero-order valence-electron chi connectivity index (χ0n) is 10.7. The second-order valence-electron chi connectivity index (χ2n) is 4.06. The van der Waals surface area contributed by atoms with Gasteiger partial charge in [0.25, 0.3) is 0 Å². The number of aryl methyl sites for hydroxylation is 1. The summed E-state index contributed by atoms with van der Waals surface area (Å²) in [5, 5.41) is 9.20. The fraction of sp³-hybridized carbons (Fsp3) is 0.357. The molecule has 0 aliphatic carbocycles. The van der Waals surface area contributed by atoms with Gasteiger partial charge in [-0.05, 0) is 43.5 Å². The molecule has 0 saturated heterocycles. The van der Waals surface area contributed by atoms with Crippen molar-refractivity contribution in [2.75, 3.05) is 7.11 Å². The molecule has 3 heteroatoms. The van der Waals surface area contributed by atoms with Crippen molar-refractivity contribution in [2.24, 2.45) is 0 Å². The molecule has 17 heavy (non-hydrogen) atoms. The van der Waals surface area contributed by atoms with Crippen molar-refractivity contribution in [2.45, 2.75) is 27.2 Å². The third-order valence-corrected chi connectivity index (χ3v) is 2.66. The quantitative estimate of drug-likeness (QED) is 0.814. The molecule has 92 valence electrons. The van der Waals surface area contributed by atoms with Crippen LogP contribution in [0, 0.1) is 0 Å². The molecule has 0 aliphatic heterocycles. The molecule has 0 bridgehead atoms. The van der Waals surface area contributed by atoms with Crippen LogP contribution in [0.25, 0.3) is 5.57 Å². The first kappa shape index (κ1) is 13.3. The van der Waals surface area contributed by atoms with Gasteiger partial charge in [0.2, 0.25) is 0 Å². The third kappa shape index (κ3) is 2.87. The highest BCUT2D eigenvalue weighted by Gasteiger charge is 2.13. The van der Waals surface area contributed by atoms with Crippen LogP contribution in [0.4, 0.5) is 0 Å². The van der Waals surface area contributed by atoms with E-state index >= 15 is 0 Å². The zero-order valence-corrected chi connectivity index (χ0v) is 10.7. The summed E-state index contributed by atoms with van der Waals surface area (Å²) in [6.45, 7) is 5.63. The van der Waals surface area contributed by atoms with Crippen molar-refractivity contribution in [1.82, 2.24) is 0 Å². The first-order valence-electron chi connectivity index (χ1n) is 5.59. The minimum Gasteiger partial charge on any atom is -0.496 e. The lowest BCUT2D eigenvalue weighted by Crippen LogP contribution is -2.03. The monoisotopic (exact) mass is 234 g/mol. The molecule has 3 nitrogen and oxygen atoms in total. The minimum absolute atomic E-state index is 0.363. The summed E-state index contributed by atoms with van der Waals surface area (Å²) in [6, 6.07) is 5.49. The summed E-state index contributed by atoms with van der Waals surface area (Å²) < 4.78 is 5.23. The van der Waals surface area contributed by atoms with E-state index in [0.29, 0.717) is 5.57 Å². The maximum absolute atomic E-state index is 11.2. The molecule has 0 aliphatic rings. The molecule has 0 saturated carbocycles. The van der Waals surface area contributed by atoms with Gasteiger partial charge in [-0.2, -0.15) is 0 Å². The second-order valence-corrected chi connectivity index (χ2v) is 4.06. The number of hydrogen-bond acceptors (Lipinski definition) is 2. The highest BCUT2D eigenvalue weighted by atomic mass is 16.5. The van der Waals surface area contributed by atoms with E-state index in [1.165, 1.54) is 0 Å². The van der Waals surface area contributed by atoms with E-state index < -0.39 is 5.97 Å². The van der Waals surface area contributed by atoms with Gasteiger partial charge in [-0.15, -0.1) is 0 Å². The fourth-order valence-corrected chi connectivity index (χ4v) is 1.84. The Morgan fingerprint density at radius 3 is 2.41 bits per heavy atom. The van der Waals surface area contributed by atoms with Crippen molar-refractivity contribution < 1.29 is 14.6 Å². The van der Waals surface area contributed by atoms with Crippen LogP contribution in [-0.2, 0) is 11.2 Å². The van der Waals surface area contributed by atoms with E-state index in [1.807, 2.05) is 19.1 Å². The molecule has 1 N–H and O–H groups in total. The Morgan fingerprint density at radius 2 is 2.00 bits per heavy atom. The molecule has 1 aromatic carbocycles. The van der Waals surface area contributed by atoms with E-state index in [9.17, 15) is 9.90 Å². The topological polar surface area (TPSA) is 46.5 Å². The lowest BCUT2D eigenvalue weighted by Gasteiger charge is -2.11. The molecule has 0 fully saturated rings. The molecule has 0 spiro atoms. The maximum atomic E-state index is 11.2. The van der Waals surface area contributed by atoms with Gasteiger partial charge in [0.05, 0.1) is 12.7 Å². The van der Waals surface area contributed by atoms with Crippen LogP contribution in [0.3, 0.4) is 0 Å². The number of carbonyl (C=O) groups is 1. The Kier molecular flexibility index (Phi) is 4.32.